The van der Waals surface area contributed by atoms with Gasteiger partial charge in [0.25, 0.3) is 0 Å². The predicted molar refractivity (Wildman–Crippen MR) is 161 cm³/mol. The third-order valence-corrected chi connectivity index (χ3v) is 7.35. The van der Waals surface area contributed by atoms with Crippen molar-refractivity contribution in [2.45, 2.75) is 96.2 Å². The standard InChI is InChI=1S/C33H46N2O5/c1-3-4-5-6-7-8-19-38-30-14-16-31(17-15-30)40-33(37)26-12-9-25(10-13-26)11-18-32(36)39-23-24(2)27-20-28(34)22-29(35)21-27/h9-13,18,20-22,24,30-31H,3-8,14-17,19,23,34-35H2,1-2H3. The molecule has 0 bridgehead atoms. The van der Waals surface area contributed by atoms with Crippen LogP contribution in [0.4, 0.5) is 11.4 Å². The molecule has 1 fully saturated rings. The van der Waals surface area contributed by atoms with Crippen molar-refractivity contribution in [3.05, 3.63) is 65.2 Å². The third kappa shape index (κ3) is 11.0. The average molecular weight is 551 g/mol. The van der Waals surface area contributed by atoms with Crippen molar-refractivity contribution in [1.82, 2.24) is 0 Å². The van der Waals surface area contributed by atoms with Gasteiger partial charge in [-0.25, -0.2) is 9.59 Å². The van der Waals surface area contributed by atoms with Gasteiger partial charge in [-0.05, 0) is 79.6 Å². The number of rotatable bonds is 15. The van der Waals surface area contributed by atoms with Gasteiger partial charge in [0, 0.05) is 30.0 Å². The number of ether oxygens (including phenoxy) is 3. The van der Waals surface area contributed by atoms with Gasteiger partial charge in [0.2, 0.25) is 0 Å². The molecule has 40 heavy (non-hydrogen) atoms. The molecule has 0 amide bonds. The van der Waals surface area contributed by atoms with Crippen molar-refractivity contribution < 1.29 is 23.8 Å². The first-order valence-corrected chi connectivity index (χ1v) is 14.8. The number of carbonyl (C=O) groups excluding carboxylic acids is 2. The topological polar surface area (TPSA) is 114 Å². The van der Waals surface area contributed by atoms with E-state index in [9.17, 15) is 9.59 Å². The molecule has 7 nitrogen and oxygen atoms in total. The smallest absolute Gasteiger partial charge is 0.338 e. The van der Waals surface area contributed by atoms with Gasteiger partial charge in [-0.3, -0.25) is 0 Å². The van der Waals surface area contributed by atoms with Gasteiger partial charge in [0.15, 0.2) is 0 Å². The maximum absolute atomic E-state index is 12.6. The van der Waals surface area contributed by atoms with E-state index < -0.39 is 5.97 Å². The Bertz CT molecular complexity index is 1070. The van der Waals surface area contributed by atoms with Crippen LogP contribution in [0.1, 0.15) is 105 Å². The van der Waals surface area contributed by atoms with Gasteiger partial charge in [0.1, 0.15) is 6.10 Å². The molecule has 3 rings (SSSR count). The van der Waals surface area contributed by atoms with Crippen molar-refractivity contribution in [2.75, 3.05) is 24.7 Å². The number of hydrogen-bond donors (Lipinski definition) is 2. The highest BCUT2D eigenvalue weighted by Gasteiger charge is 2.24. The summed E-state index contributed by atoms with van der Waals surface area (Å²) in [6, 6.07) is 12.3. The number of benzene rings is 2. The molecule has 218 valence electrons. The van der Waals surface area contributed by atoms with E-state index in [4.69, 9.17) is 25.7 Å². The van der Waals surface area contributed by atoms with Gasteiger partial charge in [0.05, 0.1) is 18.3 Å². The van der Waals surface area contributed by atoms with Crippen LogP contribution in [0.3, 0.4) is 0 Å². The Hall–Kier alpha value is -3.32. The van der Waals surface area contributed by atoms with E-state index in [0.29, 0.717) is 16.9 Å². The quantitative estimate of drug-likeness (QED) is 0.106. The minimum atomic E-state index is -0.446. The summed E-state index contributed by atoms with van der Waals surface area (Å²) in [4.78, 5) is 24.8. The Morgan fingerprint density at radius 2 is 1.52 bits per heavy atom. The molecule has 0 heterocycles. The summed E-state index contributed by atoms with van der Waals surface area (Å²) in [7, 11) is 0. The number of unbranched alkanes of at least 4 members (excludes halogenated alkanes) is 5. The molecule has 2 aromatic carbocycles. The van der Waals surface area contributed by atoms with Crippen LogP contribution in [0.25, 0.3) is 6.08 Å². The molecule has 7 heteroatoms. The van der Waals surface area contributed by atoms with Crippen molar-refractivity contribution >= 4 is 29.4 Å². The fourth-order valence-electron chi connectivity index (χ4n) is 4.90. The van der Waals surface area contributed by atoms with E-state index >= 15 is 0 Å². The van der Waals surface area contributed by atoms with Crippen molar-refractivity contribution in [1.29, 1.82) is 0 Å². The highest BCUT2D eigenvalue weighted by molar-refractivity contribution is 5.90. The lowest BCUT2D eigenvalue weighted by molar-refractivity contribution is -0.138. The van der Waals surface area contributed by atoms with Crippen LogP contribution in [0.15, 0.2) is 48.5 Å². The molecule has 1 aliphatic carbocycles. The van der Waals surface area contributed by atoms with Crippen LogP contribution in [0, 0.1) is 0 Å². The molecule has 0 spiro atoms. The van der Waals surface area contributed by atoms with E-state index in [2.05, 4.69) is 6.92 Å². The Balaban J connectivity index is 1.34. The summed E-state index contributed by atoms with van der Waals surface area (Å²) in [5, 5.41) is 0. The lowest BCUT2D eigenvalue weighted by atomic mass is 9.95. The summed E-state index contributed by atoms with van der Waals surface area (Å²) in [5.41, 5.74) is 15.1. The van der Waals surface area contributed by atoms with Crippen LogP contribution in [0.5, 0.6) is 0 Å². The molecule has 1 aliphatic rings. The van der Waals surface area contributed by atoms with Gasteiger partial charge >= 0.3 is 11.9 Å². The molecule has 4 N–H and O–H groups in total. The van der Waals surface area contributed by atoms with Crippen LogP contribution in [-0.4, -0.2) is 37.4 Å². The molecule has 1 atom stereocenters. The second-order valence-corrected chi connectivity index (χ2v) is 10.9. The fraction of sp³-hybridized carbons (Fsp3) is 0.515. The Morgan fingerprint density at radius 1 is 0.900 bits per heavy atom. The molecule has 0 radical (unpaired) electrons. The minimum absolute atomic E-state index is 0.0406. The summed E-state index contributed by atoms with van der Waals surface area (Å²) in [5.74, 6) is -0.803. The molecule has 0 aromatic heterocycles. The zero-order valence-electron chi connectivity index (χ0n) is 24.1. The monoisotopic (exact) mass is 550 g/mol. The summed E-state index contributed by atoms with van der Waals surface area (Å²) in [6.45, 7) is 5.22. The summed E-state index contributed by atoms with van der Waals surface area (Å²) in [6.07, 6.45) is 14.4. The highest BCUT2D eigenvalue weighted by atomic mass is 16.5. The molecular weight excluding hydrogens is 504 g/mol. The van der Waals surface area contributed by atoms with Gasteiger partial charge < -0.3 is 25.7 Å². The van der Waals surface area contributed by atoms with Crippen molar-refractivity contribution in [3.8, 4) is 0 Å². The maximum atomic E-state index is 12.6. The largest absolute Gasteiger partial charge is 0.462 e. The van der Waals surface area contributed by atoms with E-state index in [-0.39, 0.29) is 30.7 Å². The van der Waals surface area contributed by atoms with Crippen LogP contribution in [0.2, 0.25) is 0 Å². The van der Waals surface area contributed by atoms with E-state index in [1.807, 2.05) is 19.1 Å². The Kier molecular flexibility index (Phi) is 13.0. The number of nitrogen functional groups attached to an aromatic ring is 2. The number of anilines is 2. The van der Waals surface area contributed by atoms with Gasteiger partial charge in [-0.15, -0.1) is 0 Å². The first kappa shape index (κ1) is 31.2. The van der Waals surface area contributed by atoms with E-state index in [1.54, 1.807) is 36.4 Å². The summed E-state index contributed by atoms with van der Waals surface area (Å²) >= 11 is 0. The zero-order valence-corrected chi connectivity index (χ0v) is 24.1. The lowest BCUT2D eigenvalue weighted by Crippen LogP contribution is -2.28. The molecule has 1 unspecified atom stereocenters. The molecule has 0 saturated heterocycles. The van der Waals surface area contributed by atoms with Crippen LogP contribution in [-0.2, 0) is 19.0 Å². The van der Waals surface area contributed by atoms with Crippen molar-refractivity contribution in [2.24, 2.45) is 0 Å². The van der Waals surface area contributed by atoms with Crippen molar-refractivity contribution in [3.63, 3.8) is 0 Å². The van der Waals surface area contributed by atoms with Gasteiger partial charge in [-0.1, -0.05) is 58.1 Å². The first-order valence-electron chi connectivity index (χ1n) is 14.8. The molecule has 1 saturated carbocycles. The van der Waals surface area contributed by atoms with Crippen LogP contribution < -0.4 is 11.5 Å². The lowest BCUT2D eigenvalue weighted by Gasteiger charge is -2.28. The predicted octanol–water partition coefficient (Wildman–Crippen LogP) is 7.06. The number of carbonyl (C=O) groups is 2. The molecule has 2 aromatic rings. The number of nitrogens with two attached hydrogens (primary N) is 2. The van der Waals surface area contributed by atoms with Crippen LogP contribution >= 0.6 is 0 Å². The van der Waals surface area contributed by atoms with Gasteiger partial charge in [-0.2, -0.15) is 0 Å². The number of hydrogen-bond acceptors (Lipinski definition) is 7. The second-order valence-electron chi connectivity index (χ2n) is 10.9. The second kappa shape index (κ2) is 16.7. The zero-order chi connectivity index (χ0) is 28.7. The third-order valence-electron chi connectivity index (χ3n) is 7.35. The summed E-state index contributed by atoms with van der Waals surface area (Å²) < 4.78 is 17.2. The maximum Gasteiger partial charge on any atom is 0.338 e. The number of esters is 2. The SMILES string of the molecule is CCCCCCCCOC1CCC(OC(=O)c2ccc(C=CC(=O)OCC(C)c3cc(N)cc(N)c3)cc2)CC1. The van der Waals surface area contributed by atoms with E-state index in [1.165, 1.54) is 38.2 Å². The Labute approximate surface area is 239 Å². The fourth-order valence-corrected chi connectivity index (χ4v) is 4.90. The average Bonchev–Trinajstić information content (AvgIpc) is 2.95. The molecule has 0 aliphatic heterocycles. The van der Waals surface area contributed by atoms with E-state index in [0.717, 1.165) is 49.8 Å². The minimum Gasteiger partial charge on any atom is -0.462 e. The first-order chi connectivity index (χ1) is 19.3. The Morgan fingerprint density at radius 3 is 2.20 bits per heavy atom. The normalized spacial score (nSPS) is 17.9. The highest BCUT2D eigenvalue weighted by Crippen LogP contribution is 2.25. The molecular formula is C33H46N2O5.